The van der Waals surface area contributed by atoms with Crippen molar-refractivity contribution >= 4 is 23.2 Å². The lowest BCUT2D eigenvalue weighted by Crippen LogP contribution is -2.40. The molecule has 1 fully saturated rings. The molecule has 3 N–H and O–H groups in total. The molecular weight excluding hydrogens is 345 g/mol. The van der Waals surface area contributed by atoms with E-state index in [1.54, 1.807) is 6.08 Å². The molecule has 1 rings (SSSR count). The molecule has 1 aliphatic heterocycles. The topological polar surface area (TPSA) is 50.5 Å². The van der Waals surface area contributed by atoms with Crippen LogP contribution in [-0.2, 0) is 4.74 Å². The van der Waals surface area contributed by atoms with Crippen molar-refractivity contribution in [2.75, 3.05) is 52.5 Å². The summed E-state index contributed by atoms with van der Waals surface area (Å²) in [5.74, 6) is 0.436. The second kappa shape index (κ2) is 16.1. The Morgan fingerprint density at radius 2 is 1.92 bits per heavy atom. The highest BCUT2D eigenvalue weighted by Crippen LogP contribution is 2.21. The van der Waals surface area contributed by atoms with Crippen molar-refractivity contribution in [3.63, 3.8) is 0 Å². The molecule has 0 saturated carbocycles. The molecule has 0 aromatic heterocycles. The quantitative estimate of drug-likeness (QED) is 0.348. The van der Waals surface area contributed by atoms with Crippen molar-refractivity contribution in [2.24, 2.45) is 11.7 Å². The number of nitrogens with zero attached hydrogens (tertiary/aromatic N) is 1. The lowest BCUT2D eigenvalue weighted by atomic mass is 10.0. The third-order valence-corrected chi connectivity index (χ3v) is 4.76. The van der Waals surface area contributed by atoms with Crippen molar-refractivity contribution in [1.82, 2.24) is 10.2 Å². The van der Waals surface area contributed by atoms with Crippen molar-refractivity contribution < 1.29 is 4.74 Å². The van der Waals surface area contributed by atoms with Gasteiger partial charge in [-0.2, -0.15) is 0 Å². The van der Waals surface area contributed by atoms with Crippen LogP contribution in [0.1, 0.15) is 19.8 Å². The number of rotatable bonds is 10. The number of allylic oxidation sites excluding steroid dienone is 4. The van der Waals surface area contributed by atoms with E-state index >= 15 is 0 Å². The first-order chi connectivity index (χ1) is 11.7. The van der Waals surface area contributed by atoms with Crippen LogP contribution in [0.3, 0.4) is 0 Å². The van der Waals surface area contributed by atoms with E-state index in [1.807, 2.05) is 13.0 Å². The number of nitrogens with two attached hydrogens (primary N) is 1. The fourth-order valence-corrected chi connectivity index (χ4v) is 2.61. The summed E-state index contributed by atoms with van der Waals surface area (Å²) >= 11 is 12.1. The monoisotopic (exact) mass is 377 g/mol. The Hall–Kier alpha value is -0.360. The van der Waals surface area contributed by atoms with Gasteiger partial charge in [-0.3, -0.25) is 4.90 Å². The van der Waals surface area contributed by atoms with Crippen LogP contribution in [0.4, 0.5) is 0 Å². The maximum atomic E-state index is 6.09. The zero-order chi connectivity index (χ0) is 18.2. The summed E-state index contributed by atoms with van der Waals surface area (Å²) in [7, 11) is 0. The van der Waals surface area contributed by atoms with Crippen LogP contribution in [-0.4, -0.2) is 57.4 Å². The second-order valence-electron chi connectivity index (χ2n) is 5.52. The van der Waals surface area contributed by atoms with Gasteiger partial charge in [-0.15, -0.1) is 13.2 Å². The van der Waals surface area contributed by atoms with Crippen molar-refractivity contribution in [2.45, 2.75) is 19.8 Å². The largest absolute Gasteiger partial charge is 0.379 e. The van der Waals surface area contributed by atoms with Crippen molar-refractivity contribution in [3.05, 3.63) is 35.4 Å². The van der Waals surface area contributed by atoms with Crippen LogP contribution in [0.15, 0.2) is 35.4 Å². The van der Waals surface area contributed by atoms with E-state index in [4.69, 9.17) is 33.7 Å². The first-order valence-electron chi connectivity index (χ1n) is 8.56. The molecule has 24 heavy (non-hydrogen) atoms. The van der Waals surface area contributed by atoms with Gasteiger partial charge in [0.05, 0.1) is 23.3 Å². The minimum atomic E-state index is 0.436. The summed E-state index contributed by atoms with van der Waals surface area (Å²) in [4.78, 5) is 2.43. The number of morpholine rings is 1. The predicted octanol–water partition coefficient (Wildman–Crippen LogP) is 3.33. The van der Waals surface area contributed by atoms with E-state index in [0.29, 0.717) is 22.5 Å². The third-order valence-electron chi connectivity index (χ3n) is 3.88. The van der Waals surface area contributed by atoms with Gasteiger partial charge in [0.15, 0.2) is 0 Å². The van der Waals surface area contributed by atoms with E-state index < -0.39 is 0 Å². The Kier molecular flexibility index (Phi) is 15.9. The summed E-state index contributed by atoms with van der Waals surface area (Å²) in [6, 6.07) is 0. The van der Waals surface area contributed by atoms with Crippen molar-refractivity contribution in [3.8, 4) is 0 Å². The van der Waals surface area contributed by atoms with Gasteiger partial charge in [-0.25, -0.2) is 0 Å². The molecule has 140 valence electrons. The predicted molar refractivity (Wildman–Crippen MR) is 107 cm³/mol. The number of ether oxygens (including phenoxy) is 1. The van der Waals surface area contributed by atoms with Gasteiger partial charge >= 0.3 is 0 Å². The molecule has 1 saturated heterocycles. The smallest absolute Gasteiger partial charge is 0.0594 e. The lowest BCUT2D eigenvalue weighted by molar-refractivity contribution is 0.0384. The van der Waals surface area contributed by atoms with Crippen LogP contribution in [0.25, 0.3) is 0 Å². The van der Waals surface area contributed by atoms with Gasteiger partial charge < -0.3 is 15.8 Å². The molecule has 1 unspecified atom stereocenters. The molecule has 1 atom stereocenters. The van der Waals surface area contributed by atoms with Crippen molar-refractivity contribution in [1.29, 1.82) is 0 Å². The molecule has 0 amide bonds. The van der Waals surface area contributed by atoms with Crippen LogP contribution in [0, 0.1) is 5.92 Å². The molecule has 0 aromatic carbocycles. The van der Waals surface area contributed by atoms with Gasteiger partial charge in [0.25, 0.3) is 0 Å². The highest BCUT2D eigenvalue weighted by Gasteiger charge is 2.10. The van der Waals surface area contributed by atoms with E-state index in [9.17, 15) is 0 Å². The highest BCUT2D eigenvalue weighted by atomic mass is 35.5. The molecule has 0 bridgehead atoms. The Bertz CT molecular complexity index is 369. The third kappa shape index (κ3) is 11.2. The minimum absolute atomic E-state index is 0.436. The van der Waals surface area contributed by atoms with Gasteiger partial charge in [0, 0.05) is 26.2 Å². The zero-order valence-corrected chi connectivity index (χ0v) is 16.4. The van der Waals surface area contributed by atoms with Crippen LogP contribution < -0.4 is 11.1 Å². The average molecular weight is 378 g/mol. The van der Waals surface area contributed by atoms with E-state index in [1.165, 1.54) is 0 Å². The Balaban J connectivity index is 0.00000254. The normalized spacial score (nSPS) is 18.0. The second-order valence-corrected chi connectivity index (χ2v) is 6.33. The maximum Gasteiger partial charge on any atom is 0.0594 e. The molecule has 1 heterocycles. The summed E-state index contributed by atoms with van der Waals surface area (Å²) in [5.41, 5.74) is 5.83. The molecule has 0 aromatic rings. The number of hydrogen-bond donors (Lipinski definition) is 2. The summed E-state index contributed by atoms with van der Waals surface area (Å²) < 4.78 is 5.34. The SMILES string of the molecule is C/C=C(Cl)\C(Cl)=C/CC(CN)CCNCCN1CCOCC1.C=C. The highest BCUT2D eigenvalue weighted by molar-refractivity contribution is 6.43. The number of nitrogens with one attached hydrogen (secondary N) is 1. The average Bonchev–Trinajstić information content (AvgIpc) is 2.65. The summed E-state index contributed by atoms with van der Waals surface area (Å²) in [6.45, 7) is 15.4. The van der Waals surface area contributed by atoms with E-state index in [2.05, 4.69) is 23.4 Å². The molecule has 0 spiro atoms. The molecule has 4 nitrogen and oxygen atoms in total. The van der Waals surface area contributed by atoms with E-state index in [-0.39, 0.29) is 0 Å². The van der Waals surface area contributed by atoms with Crippen LogP contribution >= 0.6 is 23.2 Å². The minimum Gasteiger partial charge on any atom is -0.379 e. The van der Waals surface area contributed by atoms with Gasteiger partial charge in [-0.05, 0) is 38.8 Å². The van der Waals surface area contributed by atoms with E-state index in [0.717, 1.165) is 58.8 Å². The molecule has 1 aliphatic rings. The molecule has 0 aliphatic carbocycles. The zero-order valence-electron chi connectivity index (χ0n) is 14.9. The first-order valence-corrected chi connectivity index (χ1v) is 9.31. The number of halogens is 2. The Morgan fingerprint density at radius 1 is 1.25 bits per heavy atom. The van der Waals surface area contributed by atoms with Crippen LogP contribution in [0.2, 0.25) is 0 Å². The van der Waals surface area contributed by atoms with Crippen LogP contribution in [0.5, 0.6) is 0 Å². The summed E-state index contributed by atoms with van der Waals surface area (Å²) in [6.07, 6.45) is 5.68. The fraction of sp³-hybridized carbons (Fsp3) is 0.667. The summed E-state index contributed by atoms with van der Waals surface area (Å²) in [5, 5.41) is 4.70. The Morgan fingerprint density at radius 3 is 2.50 bits per heavy atom. The van der Waals surface area contributed by atoms with Gasteiger partial charge in [0.1, 0.15) is 0 Å². The maximum absolute atomic E-state index is 6.09. The fourth-order valence-electron chi connectivity index (χ4n) is 2.33. The molecule has 0 radical (unpaired) electrons. The van der Waals surface area contributed by atoms with Gasteiger partial charge in [-0.1, -0.05) is 35.4 Å². The molecule has 6 heteroatoms. The lowest BCUT2D eigenvalue weighted by Gasteiger charge is -2.26. The first kappa shape index (κ1) is 23.6. The standard InChI is InChI=1S/C16H29Cl2N3O.C2H4/c1-2-15(17)16(18)4-3-14(13-19)5-6-20-7-8-21-9-11-22-12-10-21;1-2/h2,4,14,20H,3,5-13,19H2,1H3;1-2H2/b15-2+,16-4+;. The number of hydrogen-bond acceptors (Lipinski definition) is 4. The van der Waals surface area contributed by atoms with Gasteiger partial charge in [0.2, 0.25) is 0 Å². The Labute approximate surface area is 157 Å². The molecular formula is C18H33Cl2N3O.